The van der Waals surface area contributed by atoms with Crippen LogP contribution in [0, 0.1) is 12.8 Å². The molecule has 0 spiro atoms. The molecule has 0 unspecified atom stereocenters. The lowest BCUT2D eigenvalue weighted by atomic mass is 9.78. The number of aryl methyl sites for hydroxylation is 2. The molecule has 3 aromatic rings. The van der Waals surface area contributed by atoms with Gasteiger partial charge in [-0.3, -0.25) is 19.1 Å². The second-order valence-corrected chi connectivity index (χ2v) is 10.1. The zero-order valence-corrected chi connectivity index (χ0v) is 22.0. The van der Waals surface area contributed by atoms with Crippen molar-refractivity contribution < 1.29 is 14.6 Å². The van der Waals surface area contributed by atoms with E-state index in [0.29, 0.717) is 30.2 Å². The number of aliphatic carboxylic acids is 1. The molecule has 1 aliphatic carbocycles. The largest absolute Gasteiger partial charge is 0.491 e. The Labute approximate surface area is 220 Å². The Kier molecular flexibility index (Phi) is 8.19. The maximum Gasteiger partial charge on any atom is 0.330 e. The van der Waals surface area contributed by atoms with E-state index in [1.807, 2.05) is 43.3 Å². The van der Waals surface area contributed by atoms with Gasteiger partial charge in [0, 0.05) is 43.0 Å². The van der Waals surface area contributed by atoms with Crippen LogP contribution in [-0.2, 0) is 24.9 Å². The summed E-state index contributed by atoms with van der Waals surface area (Å²) in [5.41, 5.74) is 2.44. The van der Waals surface area contributed by atoms with Crippen molar-refractivity contribution in [3.63, 3.8) is 0 Å². The highest BCUT2D eigenvalue weighted by Crippen LogP contribution is 2.38. The fourth-order valence-electron chi connectivity index (χ4n) is 4.82. The van der Waals surface area contributed by atoms with Crippen molar-refractivity contribution in [3.8, 4) is 5.75 Å². The maximum absolute atomic E-state index is 12.2. The molecule has 0 saturated heterocycles. The average molecular weight is 526 g/mol. The molecule has 2 aromatic carbocycles. The molecule has 1 saturated carbocycles. The third-order valence-corrected chi connectivity index (χ3v) is 7.45. The Morgan fingerprint density at radius 1 is 1.16 bits per heavy atom. The van der Waals surface area contributed by atoms with E-state index in [0.717, 1.165) is 21.3 Å². The first-order valence-corrected chi connectivity index (χ1v) is 12.7. The molecule has 9 heteroatoms. The highest BCUT2D eigenvalue weighted by molar-refractivity contribution is 6.30. The van der Waals surface area contributed by atoms with Gasteiger partial charge in [-0.15, -0.1) is 0 Å². The average Bonchev–Trinajstić information content (AvgIpc) is 2.83. The third kappa shape index (κ3) is 6.14. The van der Waals surface area contributed by atoms with Crippen LogP contribution in [0.3, 0.4) is 0 Å². The minimum atomic E-state index is -0.733. The predicted molar refractivity (Wildman–Crippen MR) is 142 cm³/mol. The van der Waals surface area contributed by atoms with Gasteiger partial charge < -0.3 is 14.4 Å². The second kappa shape index (κ2) is 11.4. The van der Waals surface area contributed by atoms with E-state index in [1.165, 1.54) is 16.8 Å². The van der Waals surface area contributed by atoms with Crippen molar-refractivity contribution in [2.24, 2.45) is 13.0 Å². The lowest BCUT2D eigenvalue weighted by Crippen LogP contribution is -2.47. The second-order valence-electron chi connectivity index (χ2n) is 9.71. The van der Waals surface area contributed by atoms with Gasteiger partial charge in [0.05, 0.1) is 12.5 Å². The highest BCUT2D eigenvalue weighted by Gasteiger charge is 2.39. The van der Waals surface area contributed by atoms with Gasteiger partial charge in [0.25, 0.3) is 5.56 Å². The summed E-state index contributed by atoms with van der Waals surface area (Å²) < 4.78 is 8.42. The number of hydrogen-bond acceptors (Lipinski definition) is 5. The first kappa shape index (κ1) is 26.7. The van der Waals surface area contributed by atoms with Crippen LogP contribution in [0.4, 0.5) is 0 Å². The number of aromatic nitrogens is 2. The summed E-state index contributed by atoms with van der Waals surface area (Å²) in [4.78, 5) is 38.0. The molecule has 0 aliphatic heterocycles. The number of carboxylic acid groups (broad SMARTS) is 1. The molecule has 0 radical (unpaired) electrons. The Bertz CT molecular complexity index is 1380. The monoisotopic (exact) mass is 525 g/mol. The highest BCUT2D eigenvalue weighted by atomic mass is 35.5. The number of nitrogens with zero attached hydrogens (tertiary/aromatic N) is 3. The summed E-state index contributed by atoms with van der Waals surface area (Å²) >= 11 is 6.08. The van der Waals surface area contributed by atoms with E-state index in [-0.39, 0.29) is 42.4 Å². The number of rotatable bonds is 10. The van der Waals surface area contributed by atoms with E-state index in [9.17, 15) is 19.5 Å². The molecule has 1 heterocycles. The van der Waals surface area contributed by atoms with Gasteiger partial charge >= 0.3 is 11.7 Å². The van der Waals surface area contributed by atoms with E-state index < -0.39 is 5.97 Å². The summed E-state index contributed by atoms with van der Waals surface area (Å²) in [5, 5.41) is 10.1. The molecule has 1 aromatic heterocycles. The van der Waals surface area contributed by atoms with Crippen molar-refractivity contribution in [1.29, 1.82) is 0 Å². The van der Waals surface area contributed by atoms with Crippen LogP contribution in [0.5, 0.6) is 5.75 Å². The molecular weight excluding hydrogens is 494 g/mol. The Morgan fingerprint density at radius 2 is 1.86 bits per heavy atom. The van der Waals surface area contributed by atoms with Crippen molar-refractivity contribution in [2.45, 2.75) is 51.9 Å². The van der Waals surface area contributed by atoms with Gasteiger partial charge in [0.1, 0.15) is 12.4 Å². The maximum atomic E-state index is 12.2. The van der Waals surface area contributed by atoms with E-state index >= 15 is 0 Å². The molecular formula is C28H32ClN3O5. The summed E-state index contributed by atoms with van der Waals surface area (Å²) in [6, 6.07) is 15.4. The SMILES string of the molecule is Cc1cc(CN([C@H]2C[C@@H](C(=O)O)C2)[C@H](C)c2ccc(Cl)cc2)ccc1OCCn1c(=O)ccn(C)c1=O. The molecule has 37 heavy (non-hydrogen) atoms. The zero-order valence-electron chi connectivity index (χ0n) is 21.3. The quantitative estimate of drug-likeness (QED) is 0.430. The minimum absolute atomic E-state index is 0.0834. The molecule has 0 bridgehead atoms. The van der Waals surface area contributed by atoms with Gasteiger partial charge in [-0.1, -0.05) is 35.9 Å². The Morgan fingerprint density at radius 3 is 2.51 bits per heavy atom. The van der Waals surface area contributed by atoms with E-state index in [1.54, 1.807) is 7.05 Å². The Hall–Kier alpha value is -3.36. The van der Waals surface area contributed by atoms with Crippen LogP contribution < -0.4 is 16.0 Å². The molecule has 196 valence electrons. The fraction of sp³-hybridized carbons (Fsp3) is 0.393. The first-order valence-electron chi connectivity index (χ1n) is 12.4. The number of ether oxygens (including phenoxy) is 1. The first-order chi connectivity index (χ1) is 17.6. The fourth-order valence-corrected chi connectivity index (χ4v) is 4.95. The van der Waals surface area contributed by atoms with E-state index in [4.69, 9.17) is 16.3 Å². The number of hydrogen-bond donors (Lipinski definition) is 1. The molecule has 1 fully saturated rings. The Balaban J connectivity index is 1.46. The van der Waals surface area contributed by atoms with Crippen LogP contribution in [0.15, 0.2) is 64.3 Å². The van der Waals surface area contributed by atoms with Crippen LogP contribution >= 0.6 is 11.6 Å². The van der Waals surface area contributed by atoms with Gasteiger partial charge in [-0.05, 0) is 61.6 Å². The van der Waals surface area contributed by atoms with Gasteiger partial charge in [0.2, 0.25) is 0 Å². The van der Waals surface area contributed by atoms with Crippen LogP contribution in [0.2, 0.25) is 5.02 Å². The minimum Gasteiger partial charge on any atom is -0.491 e. The molecule has 1 N–H and O–H groups in total. The predicted octanol–water partition coefficient (Wildman–Crippen LogP) is 4.01. The normalized spacial score (nSPS) is 17.9. The molecule has 1 aliphatic rings. The van der Waals surface area contributed by atoms with Crippen LogP contribution in [-0.4, -0.2) is 37.8 Å². The molecule has 4 rings (SSSR count). The van der Waals surface area contributed by atoms with Crippen LogP contribution in [0.1, 0.15) is 42.5 Å². The number of carbonyl (C=O) groups is 1. The number of halogens is 1. The summed E-state index contributed by atoms with van der Waals surface area (Å²) in [5.74, 6) is -0.337. The van der Waals surface area contributed by atoms with Gasteiger partial charge in [-0.2, -0.15) is 0 Å². The third-order valence-electron chi connectivity index (χ3n) is 7.20. The lowest BCUT2D eigenvalue weighted by Gasteiger charge is -2.44. The molecule has 0 amide bonds. The van der Waals surface area contributed by atoms with Crippen molar-refractivity contribution in [3.05, 3.63) is 97.3 Å². The smallest absolute Gasteiger partial charge is 0.330 e. The van der Waals surface area contributed by atoms with Crippen molar-refractivity contribution in [2.75, 3.05) is 6.61 Å². The molecule has 1 atom stereocenters. The van der Waals surface area contributed by atoms with E-state index in [2.05, 4.69) is 17.9 Å². The summed E-state index contributed by atoms with van der Waals surface area (Å²) in [7, 11) is 1.60. The number of carboxylic acids is 1. The van der Waals surface area contributed by atoms with Crippen LogP contribution in [0.25, 0.3) is 0 Å². The van der Waals surface area contributed by atoms with Crippen molar-refractivity contribution >= 4 is 17.6 Å². The summed E-state index contributed by atoms with van der Waals surface area (Å²) in [6.07, 6.45) is 2.71. The van der Waals surface area contributed by atoms with Crippen molar-refractivity contribution in [1.82, 2.24) is 14.0 Å². The lowest BCUT2D eigenvalue weighted by molar-refractivity contribution is -0.147. The standard InChI is InChI=1S/C28H32ClN3O5/c1-18-14-20(4-9-25(18)37-13-12-31-26(33)10-11-30(3)28(31)36)17-32(24-15-22(16-24)27(34)35)19(2)21-5-7-23(29)8-6-21/h4-11,14,19,22,24H,12-13,15-17H2,1-3H3,(H,34,35)/t19-,22-,24+/m1/s1. The summed E-state index contributed by atoms with van der Waals surface area (Å²) in [6.45, 7) is 5.11. The number of benzene rings is 2. The zero-order chi connectivity index (χ0) is 26.7. The van der Waals surface area contributed by atoms with Gasteiger partial charge in [0.15, 0.2) is 0 Å². The molecule has 8 nitrogen and oxygen atoms in total. The van der Waals surface area contributed by atoms with Gasteiger partial charge in [-0.25, -0.2) is 4.79 Å². The topological polar surface area (TPSA) is 93.8 Å².